The number of thiol groups is 1. The van der Waals surface area contributed by atoms with Crippen molar-refractivity contribution in [2.75, 3.05) is 5.43 Å². The lowest BCUT2D eigenvalue weighted by Gasteiger charge is -2.07. The monoisotopic (exact) mass is 248 g/mol. The van der Waals surface area contributed by atoms with Crippen LogP contribution in [0, 0.1) is 6.92 Å². The van der Waals surface area contributed by atoms with Gasteiger partial charge in [0.25, 0.3) is 0 Å². The second kappa shape index (κ2) is 5.01. The Morgan fingerprint density at radius 1 is 1.35 bits per heavy atom. The predicted octanol–water partition coefficient (Wildman–Crippen LogP) is 1.19. The van der Waals surface area contributed by atoms with E-state index in [4.69, 9.17) is 0 Å². The molecule has 0 aliphatic carbocycles. The minimum atomic E-state index is -0.130. The molecule has 2 rings (SSSR count). The summed E-state index contributed by atoms with van der Waals surface area (Å²) >= 11 is 4.09. The van der Waals surface area contributed by atoms with Gasteiger partial charge >= 0.3 is 0 Å². The Morgan fingerprint density at radius 2 is 2.06 bits per heavy atom. The lowest BCUT2D eigenvalue weighted by atomic mass is 10.1. The highest BCUT2D eigenvalue weighted by Crippen LogP contribution is 2.04. The number of nitrogens with one attached hydrogen (secondary N) is 1. The Kier molecular flexibility index (Phi) is 3.43. The van der Waals surface area contributed by atoms with Crippen molar-refractivity contribution in [2.45, 2.75) is 18.5 Å². The number of carbonyl (C=O) groups is 1. The molecule has 1 aromatic carbocycles. The van der Waals surface area contributed by atoms with Crippen molar-refractivity contribution in [3.05, 3.63) is 41.7 Å². The third-order valence-corrected chi connectivity index (χ3v) is 2.54. The molecule has 0 spiro atoms. The Labute approximate surface area is 104 Å². The summed E-state index contributed by atoms with van der Waals surface area (Å²) in [4.78, 5) is 11.8. The highest BCUT2D eigenvalue weighted by atomic mass is 32.1. The average molecular weight is 248 g/mol. The first-order chi connectivity index (χ1) is 8.16. The van der Waals surface area contributed by atoms with Crippen LogP contribution in [0.3, 0.4) is 0 Å². The molecule has 1 amide bonds. The van der Waals surface area contributed by atoms with Crippen molar-refractivity contribution >= 4 is 18.5 Å². The molecule has 6 heteroatoms. The minimum Gasteiger partial charge on any atom is -0.273 e. The zero-order valence-electron chi connectivity index (χ0n) is 9.29. The van der Waals surface area contributed by atoms with E-state index in [9.17, 15) is 4.79 Å². The second-order valence-electron chi connectivity index (χ2n) is 3.58. The van der Waals surface area contributed by atoms with E-state index in [0.29, 0.717) is 17.4 Å². The molecule has 1 aromatic heterocycles. The normalized spacial score (nSPS) is 10.2. The van der Waals surface area contributed by atoms with Crippen LogP contribution in [0.1, 0.15) is 11.4 Å². The van der Waals surface area contributed by atoms with Crippen LogP contribution in [0.4, 0.5) is 0 Å². The van der Waals surface area contributed by atoms with E-state index in [-0.39, 0.29) is 5.91 Å². The summed E-state index contributed by atoms with van der Waals surface area (Å²) in [6.45, 7) is 1.75. The summed E-state index contributed by atoms with van der Waals surface area (Å²) in [5, 5.41) is 7.90. The van der Waals surface area contributed by atoms with Crippen molar-refractivity contribution in [3.8, 4) is 0 Å². The molecule has 0 aliphatic rings. The van der Waals surface area contributed by atoms with Gasteiger partial charge in [0.1, 0.15) is 5.82 Å². The van der Waals surface area contributed by atoms with E-state index >= 15 is 0 Å². The molecule has 0 fully saturated rings. The van der Waals surface area contributed by atoms with E-state index in [1.165, 1.54) is 4.68 Å². The van der Waals surface area contributed by atoms with E-state index in [1.807, 2.05) is 30.3 Å². The Hall–Kier alpha value is -1.82. The minimum absolute atomic E-state index is 0.130. The van der Waals surface area contributed by atoms with Gasteiger partial charge in [0, 0.05) is 0 Å². The molecule has 0 unspecified atom stereocenters. The molecule has 0 radical (unpaired) electrons. The van der Waals surface area contributed by atoms with Crippen LogP contribution in [0.5, 0.6) is 0 Å². The zero-order chi connectivity index (χ0) is 12.3. The molecule has 0 atom stereocenters. The van der Waals surface area contributed by atoms with Crippen LogP contribution in [0.15, 0.2) is 35.5 Å². The third-order valence-electron chi connectivity index (χ3n) is 2.25. The fourth-order valence-corrected chi connectivity index (χ4v) is 1.67. The largest absolute Gasteiger partial charge is 0.273 e. The van der Waals surface area contributed by atoms with Gasteiger partial charge in [-0.25, -0.2) is 4.68 Å². The summed E-state index contributed by atoms with van der Waals surface area (Å²) < 4.78 is 1.45. The van der Waals surface area contributed by atoms with E-state index < -0.39 is 0 Å². The predicted molar refractivity (Wildman–Crippen MR) is 66.5 cm³/mol. The molecule has 2 aromatic rings. The summed E-state index contributed by atoms with van der Waals surface area (Å²) in [6.07, 6.45) is 0.311. The van der Waals surface area contributed by atoms with Crippen molar-refractivity contribution < 1.29 is 4.79 Å². The van der Waals surface area contributed by atoms with Gasteiger partial charge in [-0.2, -0.15) is 0 Å². The SMILES string of the molecule is Cc1nnc(S)n1NC(=O)Cc1ccccc1. The molecule has 1 heterocycles. The number of aromatic nitrogens is 3. The van der Waals surface area contributed by atoms with Crippen molar-refractivity contribution in [1.29, 1.82) is 0 Å². The summed E-state index contributed by atoms with van der Waals surface area (Å²) in [7, 11) is 0. The number of benzene rings is 1. The summed E-state index contributed by atoms with van der Waals surface area (Å²) in [6, 6.07) is 9.52. The topological polar surface area (TPSA) is 59.8 Å². The first-order valence-corrected chi connectivity index (χ1v) is 5.56. The highest BCUT2D eigenvalue weighted by molar-refractivity contribution is 7.80. The maximum atomic E-state index is 11.8. The smallest absolute Gasteiger partial charge is 0.243 e. The summed E-state index contributed by atoms with van der Waals surface area (Å²) in [5.41, 5.74) is 3.64. The Bertz CT molecular complexity index is 504. The molecule has 0 bridgehead atoms. The average Bonchev–Trinajstić information content (AvgIpc) is 2.62. The van der Waals surface area contributed by atoms with Crippen molar-refractivity contribution in [3.63, 3.8) is 0 Å². The first kappa shape index (κ1) is 11.7. The Balaban J connectivity index is 2.03. The number of amides is 1. The zero-order valence-corrected chi connectivity index (χ0v) is 10.2. The lowest BCUT2D eigenvalue weighted by molar-refractivity contribution is -0.116. The molecule has 88 valence electrons. The van der Waals surface area contributed by atoms with Crippen LogP contribution < -0.4 is 5.43 Å². The molecule has 0 saturated carbocycles. The van der Waals surface area contributed by atoms with Crippen LogP contribution in [0.25, 0.3) is 0 Å². The van der Waals surface area contributed by atoms with Gasteiger partial charge in [0.05, 0.1) is 6.42 Å². The number of rotatable bonds is 3. The molecule has 5 nitrogen and oxygen atoms in total. The third kappa shape index (κ3) is 2.85. The Morgan fingerprint density at radius 3 is 2.65 bits per heavy atom. The first-order valence-electron chi connectivity index (χ1n) is 5.11. The van der Waals surface area contributed by atoms with Crippen LogP contribution in [0.2, 0.25) is 0 Å². The van der Waals surface area contributed by atoms with Gasteiger partial charge in [-0.15, -0.1) is 22.8 Å². The maximum Gasteiger partial charge on any atom is 0.243 e. The van der Waals surface area contributed by atoms with Gasteiger partial charge in [0.15, 0.2) is 0 Å². The summed E-state index contributed by atoms with van der Waals surface area (Å²) in [5.74, 6) is 0.464. The van der Waals surface area contributed by atoms with E-state index in [0.717, 1.165) is 5.56 Å². The number of hydrogen-bond donors (Lipinski definition) is 2. The van der Waals surface area contributed by atoms with Gasteiger partial charge < -0.3 is 0 Å². The van der Waals surface area contributed by atoms with Crippen LogP contribution in [-0.4, -0.2) is 20.8 Å². The fraction of sp³-hybridized carbons (Fsp3) is 0.182. The standard InChI is InChI=1S/C11H12N4OS/c1-8-12-13-11(17)15(8)14-10(16)7-9-5-3-2-4-6-9/h2-6H,7H2,1H3,(H,13,17)(H,14,16). The van der Waals surface area contributed by atoms with E-state index in [1.54, 1.807) is 6.92 Å². The van der Waals surface area contributed by atoms with Gasteiger partial charge in [0.2, 0.25) is 11.1 Å². The van der Waals surface area contributed by atoms with Crippen molar-refractivity contribution in [2.24, 2.45) is 0 Å². The molecule has 1 N–H and O–H groups in total. The molecule has 17 heavy (non-hydrogen) atoms. The fourth-order valence-electron chi connectivity index (χ4n) is 1.43. The van der Waals surface area contributed by atoms with Crippen molar-refractivity contribution in [1.82, 2.24) is 14.9 Å². The molecule has 0 aliphatic heterocycles. The lowest BCUT2D eigenvalue weighted by Crippen LogP contribution is -2.25. The van der Waals surface area contributed by atoms with E-state index in [2.05, 4.69) is 28.3 Å². The van der Waals surface area contributed by atoms with Gasteiger partial charge in [-0.05, 0) is 12.5 Å². The number of hydrogen-bond acceptors (Lipinski definition) is 4. The number of nitrogens with zero attached hydrogens (tertiary/aromatic N) is 3. The van der Waals surface area contributed by atoms with Gasteiger partial charge in [-0.3, -0.25) is 10.2 Å². The van der Waals surface area contributed by atoms with Crippen LogP contribution in [-0.2, 0) is 11.2 Å². The number of carbonyl (C=O) groups excluding carboxylic acids is 1. The number of aryl methyl sites for hydroxylation is 1. The molecule has 0 saturated heterocycles. The van der Waals surface area contributed by atoms with Crippen LogP contribution >= 0.6 is 12.6 Å². The molecular formula is C11H12N4OS. The molecular weight excluding hydrogens is 236 g/mol. The van der Waals surface area contributed by atoms with Gasteiger partial charge in [-0.1, -0.05) is 30.3 Å². The highest BCUT2D eigenvalue weighted by Gasteiger charge is 2.09. The second-order valence-corrected chi connectivity index (χ2v) is 3.98. The maximum absolute atomic E-state index is 11.8. The quantitative estimate of drug-likeness (QED) is 0.802.